The van der Waals surface area contributed by atoms with Crippen LogP contribution in [0.1, 0.15) is 44.3 Å². The zero-order chi connectivity index (χ0) is 13.7. The summed E-state index contributed by atoms with van der Waals surface area (Å²) >= 11 is 0. The quantitative estimate of drug-likeness (QED) is 0.706. The lowest BCUT2D eigenvalue weighted by Crippen LogP contribution is -2.30. The Balaban J connectivity index is 1.89. The SMILES string of the molecule is CC(=O)CCC1CC(C(OC=O)c2ccccc2)C1. The third-order valence-electron chi connectivity index (χ3n) is 3.94. The van der Waals surface area contributed by atoms with Crippen molar-refractivity contribution in [3.05, 3.63) is 35.9 Å². The highest BCUT2D eigenvalue weighted by molar-refractivity contribution is 5.75. The van der Waals surface area contributed by atoms with Gasteiger partial charge >= 0.3 is 0 Å². The van der Waals surface area contributed by atoms with Crippen molar-refractivity contribution in [1.29, 1.82) is 0 Å². The van der Waals surface area contributed by atoms with Crippen LogP contribution in [-0.4, -0.2) is 12.3 Å². The van der Waals surface area contributed by atoms with E-state index in [2.05, 4.69) is 0 Å². The van der Waals surface area contributed by atoms with E-state index < -0.39 is 0 Å². The van der Waals surface area contributed by atoms with E-state index in [1.807, 2.05) is 30.3 Å². The molecule has 0 aliphatic heterocycles. The number of hydrogen-bond donors (Lipinski definition) is 0. The topological polar surface area (TPSA) is 43.4 Å². The Bertz CT molecular complexity index is 421. The monoisotopic (exact) mass is 260 g/mol. The summed E-state index contributed by atoms with van der Waals surface area (Å²) in [5.41, 5.74) is 1.06. The average Bonchev–Trinajstić information content (AvgIpc) is 2.36. The zero-order valence-electron chi connectivity index (χ0n) is 11.2. The Kier molecular flexibility index (Phi) is 4.72. The minimum absolute atomic E-state index is 0.132. The standard InChI is InChI=1S/C16H20O3/c1-12(18)7-8-13-9-15(10-13)16(19-11-17)14-5-3-2-4-6-14/h2-6,11,13,15-16H,7-10H2,1H3. The number of carbonyl (C=O) groups excluding carboxylic acids is 2. The molecule has 0 aromatic heterocycles. The second-order valence-electron chi connectivity index (χ2n) is 5.40. The molecule has 0 heterocycles. The molecule has 1 aromatic carbocycles. The van der Waals surface area contributed by atoms with Crippen LogP contribution in [-0.2, 0) is 14.3 Å². The molecule has 3 nitrogen and oxygen atoms in total. The van der Waals surface area contributed by atoms with Crippen molar-refractivity contribution >= 4 is 12.3 Å². The Morgan fingerprint density at radius 1 is 1.37 bits per heavy atom. The van der Waals surface area contributed by atoms with Crippen LogP contribution in [0.25, 0.3) is 0 Å². The van der Waals surface area contributed by atoms with Gasteiger partial charge in [0.05, 0.1) is 0 Å². The van der Waals surface area contributed by atoms with E-state index in [0.717, 1.165) is 24.8 Å². The molecule has 102 valence electrons. The maximum atomic E-state index is 11.0. The molecule has 1 aliphatic rings. The highest BCUT2D eigenvalue weighted by Crippen LogP contribution is 2.45. The minimum atomic E-state index is -0.132. The highest BCUT2D eigenvalue weighted by Gasteiger charge is 2.36. The van der Waals surface area contributed by atoms with Gasteiger partial charge in [-0.3, -0.25) is 4.79 Å². The molecule has 1 aliphatic carbocycles. The Hall–Kier alpha value is -1.64. The van der Waals surface area contributed by atoms with Gasteiger partial charge in [-0.15, -0.1) is 0 Å². The number of Topliss-reactive ketones (excluding diaryl/α,β-unsaturated/α-hetero) is 1. The number of ketones is 1. The first-order valence-corrected chi connectivity index (χ1v) is 6.84. The first-order chi connectivity index (χ1) is 9.20. The summed E-state index contributed by atoms with van der Waals surface area (Å²) in [4.78, 5) is 21.6. The molecule has 0 amide bonds. The summed E-state index contributed by atoms with van der Waals surface area (Å²) in [7, 11) is 0. The van der Waals surface area contributed by atoms with Gasteiger partial charge in [-0.1, -0.05) is 30.3 Å². The van der Waals surface area contributed by atoms with Gasteiger partial charge in [0, 0.05) is 12.3 Å². The van der Waals surface area contributed by atoms with Crippen LogP contribution >= 0.6 is 0 Å². The number of carbonyl (C=O) groups is 2. The largest absolute Gasteiger partial charge is 0.459 e. The molecule has 0 N–H and O–H groups in total. The van der Waals surface area contributed by atoms with Crippen molar-refractivity contribution in [3.8, 4) is 0 Å². The Labute approximate surface area is 114 Å². The average molecular weight is 260 g/mol. The van der Waals surface area contributed by atoms with E-state index in [1.54, 1.807) is 6.92 Å². The number of hydrogen-bond acceptors (Lipinski definition) is 3. The molecule has 1 unspecified atom stereocenters. The minimum Gasteiger partial charge on any atom is -0.459 e. The smallest absolute Gasteiger partial charge is 0.293 e. The van der Waals surface area contributed by atoms with E-state index in [9.17, 15) is 9.59 Å². The van der Waals surface area contributed by atoms with Crippen LogP contribution in [0.15, 0.2) is 30.3 Å². The normalized spacial score (nSPS) is 23.2. The summed E-state index contributed by atoms with van der Waals surface area (Å²) < 4.78 is 5.26. The van der Waals surface area contributed by atoms with Gasteiger partial charge in [0.1, 0.15) is 11.9 Å². The van der Waals surface area contributed by atoms with Gasteiger partial charge in [-0.2, -0.15) is 0 Å². The van der Waals surface area contributed by atoms with E-state index >= 15 is 0 Å². The lowest BCUT2D eigenvalue weighted by Gasteiger charge is -2.39. The molecule has 19 heavy (non-hydrogen) atoms. The number of benzene rings is 1. The van der Waals surface area contributed by atoms with Crippen LogP contribution in [0.4, 0.5) is 0 Å². The van der Waals surface area contributed by atoms with Crippen molar-refractivity contribution < 1.29 is 14.3 Å². The van der Waals surface area contributed by atoms with Crippen molar-refractivity contribution in [3.63, 3.8) is 0 Å². The maximum Gasteiger partial charge on any atom is 0.293 e. The van der Waals surface area contributed by atoms with Gasteiger partial charge in [0.15, 0.2) is 0 Å². The van der Waals surface area contributed by atoms with E-state index in [0.29, 0.717) is 24.7 Å². The second kappa shape index (κ2) is 6.50. The lowest BCUT2D eigenvalue weighted by molar-refractivity contribution is -0.139. The van der Waals surface area contributed by atoms with Crippen molar-refractivity contribution in [2.24, 2.45) is 11.8 Å². The number of rotatable bonds is 7. The van der Waals surface area contributed by atoms with Crippen molar-refractivity contribution in [2.45, 2.75) is 38.7 Å². The van der Waals surface area contributed by atoms with E-state index in [4.69, 9.17) is 4.74 Å². The fraction of sp³-hybridized carbons (Fsp3) is 0.500. The van der Waals surface area contributed by atoms with Crippen LogP contribution in [0.5, 0.6) is 0 Å². The zero-order valence-corrected chi connectivity index (χ0v) is 11.2. The first kappa shape index (κ1) is 13.8. The highest BCUT2D eigenvalue weighted by atomic mass is 16.5. The summed E-state index contributed by atoms with van der Waals surface area (Å²) in [6.45, 7) is 2.18. The summed E-state index contributed by atoms with van der Waals surface area (Å²) in [6, 6.07) is 9.87. The Morgan fingerprint density at radius 2 is 2.05 bits per heavy atom. The summed E-state index contributed by atoms with van der Waals surface area (Å²) in [5.74, 6) is 1.26. The predicted octanol–water partition coefficient (Wildman–Crippen LogP) is 3.30. The summed E-state index contributed by atoms with van der Waals surface area (Å²) in [5, 5.41) is 0. The van der Waals surface area contributed by atoms with Gasteiger partial charge in [0.25, 0.3) is 6.47 Å². The second-order valence-corrected chi connectivity index (χ2v) is 5.40. The van der Waals surface area contributed by atoms with Crippen LogP contribution in [0, 0.1) is 11.8 Å². The Morgan fingerprint density at radius 3 is 2.63 bits per heavy atom. The molecule has 0 saturated heterocycles. The van der Waals surface area contributed by atoms with Crippen LogP contribution < -0.4 is 0 Å². The third kappa shape index (κ3) is 3.66. The molecule has 0 spiro atoms. The molecule has 1 saturated carbocycles. The van der Waals surface area contributed by atoms with Gasteiger partial charge in [-0.25, -0.2) is 0 Å². The predicted molar refractivity (Wildman–Crippen MR) is 72.5 cm³/mol. The molecule has 3 heteroatoms. The molecule has 0 radical (unpaired) electrons. The molecular formula is C16H20O3. The molecule has 0 bridgehead atoms. The fourth-order valence-corrected chi connectivity index (χ4v) is 2.84. The van der Waals surface area contributed by atoms with Crippen LogP contribution in [0.3, 0.4) is 0 Å². The van der Waals surface area contributed by atoms with Gasteiger partial charge in [-0.05, 0) is 37.7 Å². The lowest BCUT2D eigenvalue weighted by atomic mass is 9.69. The molecule has 1 atom stereocenters. The van der Waals surface area contributed by atoms with Crippen molar-refractivity contribution in [1.82, 2.24) is 0 Å². The fourth-order valence-electron chi connectivity index (χ4n) is 2.84. The van der Waals surface area contributed by atoms with E-state index in [-0.39, 0.29) is 11.9 Å². The number of ether oxygens (including phenoxy) is 1. The molecule has 1 fully saturated rings. The maximum absolute atomic E-state index is 11.0. The molecule has 1 aromatic rings. The van der Waals surface area contributed by atoms with Crippen LogP contribution in [0.2, 0.25) is 0 Å². The first-order valence-electron chi connectivity index (χ1n) is 6.84. The van der Waals surface area contributed by atoms with Gasteiger partial charge in [0.2, 0.25) is 0 Å². The van der Waals surface area contributed by atoms with Crippen molar-refractivity contribution in [2.75, 3.05) is 0 Å². The molecular weight excluding hydrogens is 240 g/mol. The summed E-state index contributed by atoms with van der Waals surface area (Å²) in [6.07, 6.45) is 3.59. The van der Waals surface area contributed by atoms with E-state index in [1.165, 1.54) is 0 Å². The molecule has 2 rings (SSSR count). The van der Waals surface area contributed by atoms with Gasteiger partial charge < -0.3 is 9.53 Å². The third-order valence-corrected chi connectivity index (χ3v) is 3.94.